The van der Waals surface area contributed by atoms with E-state index in [-0.39, 0.29) is 11.4 Å². The summed E-state index contributed by atoms with van der Waals surface area (Å²) in [5.41, 5.74) is 0.512. The van der Waals surface area contributed by atoms with Crippen molar-refractivity contribution in [1.82, 2.24) is 0 Å². The summed E-state index contributed by atoms with van der Waals surface area (Å²) in [6.45, 7) is 1.44. The van der Waals surface area contributed by atoms with E-state index in [0.717, 1.165) is 16.6 Å². The summed E-state index contributed by atoms with van der Waals surface area (Å²) in [6.07, 6.45) is 1.000. The molecular formula is C16H16ClFN2O3S. The Hall–Kier alpha value is -2.12. The lowest BCUT2D eigenvalue weighted by Gasteiger charge is -2.28. The van der Waals surface area contributed by atoms with E-state index in [4.69, 9.17) is 11.6 Å². The number of amides is 1. The number of hydrogen-bond acceptors (Lipinski definition) is 3. The Balaban J connectivity index is 2.31. The minimum absolute atomic E-state index is 0.242. The second-order valence-electron chi connectivity index (χ2n) is 5.21. The molecule has 0 aliphatic carbocycles. The molecule has 0 fully saturated rings. The maximum absolute atomic E-state index is 13.2. The van der Waals surface area contributed by atoms with Crippen LogP contribution in [-0.4, -0.2) is 26.6 Å². The van der Waals surface area contributed by atoms with E-state index in [0.29, 0.717) is 5.02 Å². The number of benzene rings is 2. The van der Waals surface area contributed by atoms with Gasteiger partial charge in [0.05, 0.1) is 11.9 Å². The summed E-state index contributed by atoms with van der Waals surface area (Å²) in [6, 6.07) is 10.5. The molecule has 2 rings (SSSR count). The number of sulfonamides is 1. The fourth-order valence-electron chi connectivity index (χ4n) is 2.23. The quantitative estimate of drug-likeness (QED) is 0.878. The molecule has 8 heteroatoms. The molecule has 5 nitrogen and oxygen atoms in total. The fourth-order valence-corrected chi connectivity index (χ4v) is 3.59. The molecule has 0 aliphatic rings. The van der Waals surface area contributed by atoms with E-state index in [2.05, 4.69) is 5.32 Å². The van der Waals surface area contributed by atoms with Crippen LogP contribution in [0, 0.1) is 5.82 Å². The zero-order valence-corrected chi connectivity index (χ0v) is 14.6. The zero-order chi connectivity index (χ0) is 17.9. The van der Waals surface area contributed by atoms with E-state index < -0.39 is 27.8 Å². The van der Waals surface area contributed by atoms with Crippen molar-refractivity contribution >= 4 is 38.9 Å². The van der Waals surface area contributed by atoms with Crippen LogP contribution in [0.4, 0.5) is 15.8 Å². The molecule has 24 heavy (non-hydrogen) atoms. The first-order valence-electron chi connectivity index (χ1n) is 7.00. The first-order valence-corrected chi connectivity index (χ1v) is 9.22. The summed E-state index contributed by atoms with van der Waals surface area (Å²) in [4.78, 5) is 12.4. The van der Waals surface area contributed by atoms with Crippen LogP contribution in [0.25, 0.3) is 0 Å². The molecule has 0 unspecified atom stereocenters. The summed E-state index contributed by atoms with van der Waals surface area (Å²) in [7, 11) is -3.74. The second kappa shape index (κ2) is 7.19. The molecule has 128 valence electrons. The van der Waals surface area contributed by atoms with Crippen LogP contribution in [0.1, 0.15) is 6.92 Å². The van der Waals surface area contributed by atoms with Gasteiger partial charge < -0.3 is 5.32 Å². The van der Waals surface area contributed by atoms with Crippen molar-refractivity contribution in [3.8, 4) is 0 Å². The molecular weight excluding hydrogens is 355 g/mol. The van der Waals surface area contributed by atoms with Gasteiger partial charge >= 0.3 is 0 Å². The highest BCUT2D eigenvalue weighted by Crippen LogP contribution is 2.24. The first-order chi connectivity index (χ1) is 11.2. The monoisotopic (exact) mass is 370 g/mol. The number of hydrogen-bond donors (Lipinski definition) is 1. The van der Waals surface area contributed by atoms with Crippen molar-refractivity contribution in [3.63, 3.8) is 0 Å². The summed E-state index contributed by atoms with van der Waals surface area (Å²) >= 11 is 5.91. The third-order valence-corrected chi connectivity index (χ3v) is 4.72. The highest BCUT2D eigenvalue weighted by Gasteiger charge is 2.29. The standard InChI is InChI=1S/C16H16ClFN2O3S/c1-11(16(21)19-14-7-4-6-13(18)10-14)20(24(2,22)23)15-8-3-5-12(17)9-15/h3-11H,1-2H3,(H,19,21)/t11-/m0/s1. The van der Waals surface area contributed by atoms with E-state index in [1.165, 1.54) is 31.2 Å². The Kier molecular flexibility index (Phi) is 5.46. The largest absolute Gasteiger partial charge is 0.324 e. The van der Waals surface area contributed by atoms with Gasteiger partial charge in [-0.3, -0.25) is 9.10 Å². The number of nitrogens with one attached hydrogen (secondary N) is 1. The SMILES string of the molecule is C[C@@H](C(=O)Nc1cccc(F)c1)N(c1cccc(Cl)c1)S(C)(=O)=O. The van der Waals surface area contributed by atoms with Crippen LogP contribution in [0.5, 0.6) is 0 Å². The lowest BCUT2D eigenvalue weighted by molar-refractivity contribution is -0.116. The van der Waals surface area contributed by atoms with Crippen LogP contribution in [0.2, 0.25) is 5.02 Å². The van der Waals surface area contributed by atoms with Gasteiger partial charge in [-0.2, -0.15) is 0 Å². The number of halogens is 2. The minimum atomic E-state index is -3.74. The van der Waals surface area contributed by atoms with Gasteiger partial charge in [-0.05, 0) is 43.3 Å². The van der Waals surface area contributed by atoms with E-state index >= 15 is 0 Å². The zero-order valence-electron chi connectivity index (χ0n) is 13.0. The van der Waals surface area contributed by atoms with Crippen molar-refractivity contribution in [3.05, 3.63) is 59.4 Å². The van der Waals surface area contributed by atoms with Crippen LogP contribution in [0.3, 0.4) is 0 Å². The van der Waals surface area contributed by atoms with Gasteiger partial charge in [0.2, 0.25) is 15.9 Å². The molecule has 0 saturated carbocycles. The van der Waals surface area contributed by atoms with Crippen molar-refractivity contribution < 1.29 is 17.6 Å². The topological polar surface area (TPSA) is 66.5 Å². The predicted octanol–water partition coefficient (Wildman–Crippen LogP) is 3.27. The van der Waals surface area contributed by atoms with Crippen LogP contribution >= 0.6 is 11.6 Å². The normalized spacial score (nSPS) is 12.5. The molecule has 0 saturated heterocycles. The van der Waals surface area contributed by atoms with Gasteiger partial charge in [-0.15, -0.1) is 0 Å². The van der Waals surface area contributed by atoms with Gasteiger partial charge in [0.1, 0.15) is 11.9 Å². The molecule has 2 aromatic rings. The number of nitrogens with zero attached hydrogens (tertiary/aromatic N) is 1. The second-order valence-corrected chi connectivity index (χ2v) is 7.51. The summed E-state index contributed by atoms with van der Waals surface area (Å²) in [5.74, 6) is -1.10. The molecule has 0 aromatic heterocycles. The molecule has 0 heterocycles. The number of anilines is 2. The number of rotatable bonds is 5. The van der Waals surface area contributed by atoms with Gasteiger partial charge in [0, 0.05) is 10.7 Å². The Morgan fingerprint density at radius 1 is 1.21 bits per heavy atom. The molecule has 2 aromatic carbocycles. The third-order valence-electron chi connectivity index (χ3n) is 3.24. The Morgan fingerprint density at radius 3 is 2.46 bits per heavy atom. The van der Waals surface area contributed by atoms with E-state index in [1.54, 1.807) is 18.2 Å². The summed E-state index contributed by atoms with van der Waals surface area (Å²) < 4.78 is 38.4. The Morgan fingerprint density at radius 2 is 1.88 bits per heavy atom. The molecule has 0 bridgehead atoms. The molecule has 0 radical (unpaired) electrons. The molecule has 1 amide bonds. The number of carbonyl (C=O) groups is 1. The molecule has 0 spiro atoms. The fraction of sp³-hybridized carbons (Fsp3) is 0.188. The van der Waals surface area contributed by atoms with Crippen LogP contribution in [0.15, 0.2) is 48.5 Å². The van der Waals surface area contributed by atoms with Crippen molar-refractivity contribution in [1.29, 1.82) is 0 Å². The maximum Gasteiger partial charge on any atom is 0.247 e. The average Bonchev–Trinajstić information content (AvgIpc) is 2.46. The highest BCUT2D eigenvalue weighted by atomic mass is 35.5. The Labute approximate surface area is 145 Å². The molecule has 1 N–H and O–H groups in total. The van der Waals surface area contributed by atoms with Crippen LogP contribution in [-0.2, 0) is 14.8 Å². The Bertz CT molecular complexity index is 858. The first kappa shape index (κ1) is 18.2. The number of carbonyl (C=O) groups excluding carboxylic acids is 1. The minimum Gasteiger partial charge on any atom is -0.324 e. The van der Waals surface area contributed by atoms with Gasteiger partial charge in [0.25, 0.3) is 0 Å². The van der Waals surface area contributed by atoms with Crippen LogP contribution < -0.4 is 9.62 Å². The van der Waals surface area contributed by atoms with E-state index in [1.807, 2.05) is 0 Å². The molecule has 1 atom stereocenters. The van der Waals surface area contributed by atoms with Gasteiger partial charge in [0.15, 0.2) is 0 Å². The third kappa shape index (κ3) is 4.46. The van der Waals surface area contributed by atoms with Crippen molar-refractivity contribution in [2.45, 2.75) is 13.0 Å². The summed E-state index contributed by atoms with van der Waals surface area (Å²) in [5, 5.41) is 2.85. The predicted molar refractivity (Wildman–Crippen MR) is 93.3 cm³/mol. The van der Waals surface area contributed by atoms with Gasteiger partial charge in [-0.25, -0.2) is 12.8 Å². The van der Waals surface area contributed by atoms with Crippen molar-refractivity contribution in [2.75, 3.05) is 15.9 Å². The van der Waals surface area contributed by atoms with Gasteiger partial charge in [-0.1, -0.05) is 23.7 Å². The lowest BCUT2D eigenvalue weighted by atomic mass is 10.2. The van der Waals surface area contributed by atoms with E-state index in [9.17, 15) is 17.6 Å². The van der Waals surface area contributed by atoms with Crippen molar-refractivity contribution in [2.24, 2.45) is 0 Å². The maximum atomic E-state index is 13.2. The lowest BCUT2D eigenvalue weighted by Crippen LogP contribution is -2.45. The average molecular weight is 371 g/mol. The molecule has 0 aliphatic heterocycles. The smallest absolute Gasteiger partial charge is 0.247 e. The highest BCUT2D eigenvalue weighted by molar-refractivity contribution is 7.92.